The van der Waals surface area contributed by atoms with Gasteiger partial charge in [-0.3, -0.25) is 0 Å². The van der Waals surface area contributed by atoms with Gasteiger partial charge < -0.3 is 12.2 Å². The van der Waals surface area contributed by atoms with Gasteiger partial charge in [0.2, 0.25) is 5.90 Å². The summed E-state index contributed by atoms with van der Waals surface area (Å²) < 4.78 is 6.11. The Hall–Kier alpha value is -1.78. The van der Waals surface area contributed by atoms with E-state index in [1.807, 2.05) is 0 Å². The molecule has 3 aromatic rings. The number of hydrogen-bond donors (Lipinski definition) is 0. The van der Waals surface area contributed by atoms with Gasteiger partial charge >= 0.3 is 0 Å². The molecule has 1 unspecified atom stereocenters. The van der Waals surface area contributed by atoms with Crippen molar-refractivity contribution in [3.8, 4) is 0 Å². The van der Waals surface area contributed by atoms with Crippen LogP contribution in [0.3, 0.4) is 0 Å². The minimum atomic E-state index is -1.16. The molecule has 0 aromatic heterocycles. The van der Waals surface area contributed by atoms with Crippen LogP contribution in [-0.2, 0) is 25.2 Å². The molecule has 0 spiro atoms. The number of benzene rings is 3. The van der Waals surface area contributed by atoms with Gasteiger partial charge in [-0.25, -0.2) is 4.99 Å². The third-order valence-electron chi connectivity index (χ3n) is 5.20. The first kappa shape index (κ1) is 24.5. The van der Waals surface area contributed by atoms with Crippen molar-refractivity contribution in [3.05, 3.63) is 97.9 Å². The second kappa shape index (κ2) is 10.5. The molecule has 1 atom stereocenters. The summed E-state index contributed by atoms with van der Waals surface area (Å²) in [6.07, 6.45) is 0. The summed E-state index contributed by atoms with van der Waals surface area (Å²) in [5, 5.41) is 4.08. The summed E-state index contributed by atoms with van der Waals surface area (Å²) in [6, 6.07) is 30.5. The van der Waals surface area contributed by atoms with E-state index in [1.54, 1.807) is 0 Å². The van der Waals surface area contributed by atoms with E-state index in [-0.39, 0.29) is 39.3 Å². The van der Waals surface area contributed by atoms with Crippen LogP contribution < -0.4 is 15.9 Å². The van der Waals surface area contributed by atoms with Gasteiger partial charge in [-0.1, -0.05) is 69.3 Å². The summed E-state index contributed by atoms with van der Waals surface area (Å²) in [7, 11) is -1.16. The minimum absolute atomic E-state index is 0. The minimum Gasteiger partial charge on any atom is -0.475 e. The Kier molecular flexibility index (Phi) is 8.57. The van der Waals surface area contributed by atoms with E-state index in [2.05, 4.69) is 106 Å². The van der Waals surface area contributed by atoms with Crippen LogP contribution >= 0.6 is 7.92 Å². The Labute approximate surface area is 196 Å². The van der Waals surface area contributed by atoms with E-state index < -0.39 is 7.92 Å². The number of nitrogens with zero attached hydrogens (tertiary/aromatic N) is 1. The number of rotatable bonds is 4. The fourth-order valence-electron chi connectivity index (χ4n) is 3.54. The zero-order valence-corrected chi connectivity index (χ0v) is 20.6. The molecule has 0 radical (unpaired) electrons. The van der Waals surface area contributed by atoms with Gasteiger partial charge in [-0.15, -0.1) is 0 Å². The molecule has 1 aliphatic rings. The Morgan fingerprint density at radius 2 is 1.30 bits per heavy atom. The van der Waals surface area contributed by atoms with Crippen LogP contribution in [0.2, 0.25) is 0 Å². The van der Waals surface area contributed by atoms with Gasteiger partial charge in [0, 0.05) is 20.4 Å². The van der Waals surface area contributed by atoms with Gasteiger partial charge in [-0.2, -0.15) is 0 Å². The van der Waals surface area contributed by atoms with Crippen LogP contribution in [0.15, 0.2) is 89.9 Å². The van der Waals surface area contributed by atoms with E-state index >= 15 is 0 Å². The van der Waals surface area contributed by atoms with Crippen LogP contribution in [0.4, 0.5) is 0 Å². The standard InChI is InChI=1S/C25H26NOP.CH3.Pd/c1-25(2,3)23-18-27-24(26-23)21-16-10-11-17-22(21)28(19-12-6-4-7-13-19)20-14-8-5-9-15-20;;/h4-17,23H,18H2,1-3H3;1H3;/q;-1;/p+1. The predicted molar refractivity (Wildman–Crippen MR) is 129 cm³/mol. The number of aliphatic imine (C=N–C) groups is 1. The maximum Gasteiger partial charge on any atom is 0.220 e. The van der Waals surface area contributed by atoms with E-state index in [4.69, 9.17) is 9.73 Å². The Morgan fingerprint density at radius 3 is 1.80 bits per heavy atom. The smallest absolute Gasteiger partial charge is 0.220 e. The molecule has 4 heteroatoms. The summed E-state index contributed by atoms with van der Waals surface area (Å²) in [6.45, 7) is 7.33. The van der Waals surface area contributed by atoms with Crippen LogP contribution in [0.5, 0.6) is 0 Å². The monoisotopic (exact) mass is 509 g/mol. The normalized spacial score (nSPS) is 15.6. The van der Waals surface area contributed by atoms with Gasteiger partial charge in [0.25, 0.3) is 0 Å². The first-order chi connectivity index (χ1) is 13.5. The summed E-state index contributed by atoms with van der Waals surface area (Å²) in [5.41, 5.74) is 1.24. The van der Waals surface area contributed by atoms with Gasteiger partial charge in [0.15, 0.2) is 0 Å². The molecule has 4 rings (SSSR count). The zero-order chi connectivity index (χ0) is 19.6. The summed E-state index contributed by atoms with van der Waals surface area (Å²) in [5.74, 6) is 0.796. The molecule has 0 aliphatic carbocycles. The molecule has 1 heterocycles. The Balaban J connectivity index is 0.00000160. The van der Waals surface area contributed by atoms with Crippen molar-refractivity contribution >= 4 is 29.7 Å². The van der Waals surface area contributed by atoms with Crippen molar-refractivity contribution in [2.75, 3.05) is 6.61 Å². The second-order valence-electron chi connectivity index (χ2n) is 8.28. The molecule has 0 saturated heterocycles. The molecule has 2 nitrogen and oxygen atoms in total. The maximum absolute atomic E-state index is 6.11. The number of hydrogen-bond acceptors (Lipinski definition) is 2. The molecular formula is C26H30NOPPd. The predicted octanol–water partition coefficient (Wildman–Crippen LogP) is 4.82. The van der Waals surface area contributed by atoms with Crippen molar-refractivity contribution in [3.63, 3.8) is 0 Å². The van der Waals surface area contributed by atoms with E-state index in [9.17, 15) is 0 Å². The molecule has 0 saturated carbocycles. The zero-order valence-electron chi connectivity index (χ0n) is 18.0. The van der Waals surface area contributed by atoms with Gasteiger partial charge in [-0.05, 0) is 41.8 Å². The quantitative estimate of drug-likeness (QED) is 0.281. The molecule has 160 valence electrons. The average Bonchev–Trinajstić information content (AvgIpc) is 3.21. The number of ether oxygens (including phenoxy) is 1. The largest absolute Gasteiger partial charge is 0.475 e. The third kappa shape index (κ3) is 5.28. The van der Waals surface area contributed by atoms with Crippen molar-refractivity contribution in [1.29, 1.82) is 0 Å². The van der Waals surface area contributed by atoms with Gasteiger partial charge in [0.1, 0.15) is 22.5 Å². The average molecular weight is 510 g/mol. The molecule has 0 fully saturated rings. The molecule has 0 amide bonds. The molecular weight excluding hydrogens is 480 g/mol. The SMILES string of the molecule is CC(C)(C)C1COC(c2ccccc2[PH+](c2ccccc2)c2ccccc2)=N1.[CH3-].[Pd]. The van der Waals surface area contributed by atoms with Crippen molar-refractivity contribution < 1.29 is 25.2 Å². The first-order valence-electron chi connectivity index (χ1n) is 9.82. The third-order valence-corrected chi connectivity index (χ3v) is 8.00. The maximum atomic E-state index is 6.11. The van der Waals surface area contributed by atoms with Crippen LogP contribution in [0, 0.1) is 12.8 Å². The van der Waals surface area contributed by atoms with E-state index in [0.717, 1.165) is 11.5 Å². The van der Waals surface area contributed by atoms with Crippen molar-refractivity contribution in [2.24, 2.45) is 10.4 Å². The Morgan fingerprint density at radius 1 is 0.800 bits per heavy atom. The van der Waals surface area contributed by atoms with Crippen LogP contribution in [0.25, 0.3) is 0 Å². The molecule has 0 bridgehead atoms. The van der Waals surface area contributed by atoms with Crippen LogP contribution in [0.1, 0.15) is 26.3 Å². The van der Waals surface area contributed by atoms with Gasteiger partial charge in [0.05, 0.1) is 19.5 Å². The second-order valence-corrected chi connectivity index (χ2v) is 10.7. The summed E-state index contributed by atoms with van der Waals surface area (Å²) in [4.78, 5) is 4.97. The van der Waals surface area contributed by atoms with Crippen molar-refractivity contribution in [2.45, 2.75) is 26.8 Å². The first-order valence-corrected chi connectivity index (χ1v) is 11.3. The van der Waals surface area contributed by atoms with E-state index in [1.165, 1.54) is 15.9 Å². The van der Waals surface area contributed by atoms with Crippen LogP contribution in [-0.4, -0.2) is 18.5 Å². The Bertz CT molecular complexity index is 928. The fourth-order valence-corrected chi connectivity index (χ4v) is 6.27. The summed E-state index contributed by atoms with van der Waals surface area (Å²) >= 11 is 0. The molecule has 1 aliphatic heterocycles. The van der Waals surface area contributed by atoms with E-state index in [0.29, 0.717) is 6.61 Å². The molecule has 0 N–H and O–H groups in total. The molecule has 30 heavy (non-hydrogen) atoms. The molecule has 3 aromatic carbocycles. The topological polar surface area (TPSA) is 21.6 Å². The fraction of sp³-hybridized carbons (Fsp3) is 0.231. The van der Waals surface area contributed by atoms with Crippen molar-refractivity contribution in [1.82, 2.24) is 0 Å².